The minimum absolute atomic E-state index is 0.0124. The van der Waals surface area contributed by atoms with E-state index in [0.717, 1.165) is 0 Å². The lowest BCUT2D eigenvalue weighted by Crippen LogP contribution is -2.38. The predicted molar refractivity (Wildman–Crippen MR) is 68.1 cm³/mol. The van der Waals surface area contributed by atoms with Crippen LogP contribution in [-0.2, 0) is 6.54 Å². The van der Waals surface area contributed by atoms with E-state index < -0.39 is 0 Å². The summed E-state index contributed by atoms with van der Waals surface area (Å²) in [5.41, 5.74) is 0.668. The van der Waals surface area contributed by atoms with Crippen LogP contribution >= 0.6 is 0 Å². The van der Waals surface area contributed by atoms with Crippen LogP contribution in [0.4, 0.5) is 10.5 Å². The molecule has 0 unspecified atom stereocenters. The molecule has 2 aromatic rings. The summed E-state index contributed by atoms with van der Waals surface area (Å²) in [6.07, 6.45) is 6.82. The Morgan fingerprint density at radius 2 is 2.33 bits per heavy atom. The van der Waals surface area contributed by atoms with Gasteiger partial charge in [0.25, 0.3) is 0 Å². The maximum absolute atomic E-state index is 11.7. The van der Waals surface area contributed by atoms with E-state index in [1.807, 2.05) is 19.2 Å². The van der Waals surface area contributed by atoms with Crippen molar-refractivity contribution in [3.63, 3.8) is 0 Å². The monoisotopic (exact) mass is 245 g/mol. The minimum Gasteiger partial charge on any atom is -0.334 e. The van der Waals surface area contributed by atoms with Crippen LogP contribution in [0.3, 0.4) is 0 Å². The highest BCUT2D eigenvalue weighted by Crippen LogP contribution is 2.02. The number of nitrogens with zero attached hydrogens (tertiary/aromatic N) is 3. The zero-order valence-electron chi connectivity index (χ0n) is 10.1. The van der Waals surface area contributed by atoms with E-state index in [1.54, 1.807) is 35.4 Å². The van der Waals surface area contributed by atoms with E-state index in [4.69, 9.17) is 0 Å². The molecule has 0 aliphatic rings. The first kappa shape index (κ1) is 12.1. The number of anilines is 1. The van der Waals surface area contributed by atoms with Gasteiger partial charge in [-0.05, 0) is 25.1 Å². The van der Waals surface area contributed by atoms with Gasteiger partial charge in [-0.25, -0.2) is 4.79 Å². The third kappa shape index (κ3) is 3.58. The molecule has 0 bridgehead atoms. The molecule has 0 saturated carbocycles. The number of pyridine rings is 1. The first-order valence-corrected chi connectivity index (χ1v) is 5.69. The summed E-state index contributed by atoms with van der Waals surface area (Å²) < 4.78 is 1.77. The summed E-state index contributed by atoms with van der Waals surface area (Å²) in [6, 6.07) is 5.14. The second kappa shape index (κ2) is 5.81. The zero-order chi connectivity index (χ0) is 12.8. The summed E-state index contributed by atoms with van der Waals surface area (Å²) >= 11 is 0. The third-order valence-corrected chi connectivity index (χ3v) is 2.32. The van der Waals surface area contributed by atoms with Crippen LogP contribution in [-0.4, -0.2) is 26.8 Å². The lowest BCUT2D eigenvalue weighted by Gasteiger charge is -2.14. The van der Waals surface area contributed by atoms with Crippen molar-refractivity contribution in [2.24, 2.45) is 0 Å². The van der Waals surface area contributed by atoms with Gasteiger partial charge in [-0.3, -0.25) is 9.67 Å². The largest absolute Gasteiger partial charge is 0.334 e. The van der Waals surface area contributed by atoms with E-state index in [0.29, 0.717) is 12.2 Å². The molecule has 2 heterocycles. The molecule has 94 valence electrons. The molecule has 18 heavy (non-hydrogen) atoms. The highest BCUT2D eigenvalue weighted by molar-refractivity contribution is 5.89. The SMILES string of the molecule is C[C@H](Cn1cccn1)NC(=O)Nc1cccnc1. The quantitative estimate of drug-likeness (QED) is 0.857. The molecule has 0 spiro atoms. The van der Waals surface area contributed by atoms with E-state index in [9.17, 15) is 4.79 Å². The molecule has 2 aromatic heterocycles. The van der Waals surface area contributed by atoms with Crippen molar-refractivity contribution in [2.75, 3.05) is 5.32 Å². The first-order valence-electron chi connectivity index (χ1n) is 5.69. The Bertz CT molecular complexity index is 482. The van der Waals surface area contributed by atoms with Crippen molar-refractivity contribution in [2.45, 2.75) is 19.5 Å². The smallest absolute Gasteiger partial charge is 0.319 e. The Labute approximate surface area is 105 Å². The molecule has 2 rings (SSSR count). The fraction of sp³-hybridized carbons (Fsp3) is 0.250. The van der Waals surface area contributed by atoms with Crippen molar-refractivity contribution in [1.82, 2.24) is 20.1 Å². The van der Waals surface area contributed by atoms with Gasteiger partial charge in [0.05, 0.1) is 18.4 Å². The predicted octanol–water partition coefficient (Wildman–Crippen LogP) is 1.49. The molecule has 2 N–H and O–H groups in total. The van der Waals surface area contributed by atoms with Gasteiger partial charge < -0.3 is 10.6 Å². The van der Waals surface area contributed by atoms with E-state index in [-0.39, 0.29) is 12.1 Å². The average Bonchev–Trinajstić information content (AvgIpc) is 2.82. The number of hydrogen-bond donors (Lipinski definition) is 2. The van der Waals surface area contributed by atoms with E-state index in [2.05, 4.69) is 20.7 Å². The van der Waals surface area contributed by atoms with Crippen molar-refractivity contribution in [3.8, 4) is 0 Å². The maximum atomic E-state index is 11.7. The Hall–Kier alpha value is -2.37. The van der Waals surface area contributed by atoms with Crippen molar-refractivity contribution in [3.05, 3.63) is 43.0 Å². The highest BCUT2D eigenvalue weighted by Gasteiger charge is 2.07. The van der Waals surface area contributed by atoms with Gasteiger partial charge in [-0.2, -0.15) is 5.10 Å². The van der Waals surface area contributed by atoms with Crippen LogP contribution in [0, 0.1) is 0 Å². The van der Waals surface area contributed by atoms with Crippen LogP contribution in [0.1, 0.15) is 6.92 Å². The van der Waals surface area contributed by atoms with E-state index >= 15 is 0 Å². The van der Waals surface area contributed by atoms with Gasteiger partial charge in [-0.1, -0.05) is 0 Å². The average molecular weight is 245 g/mol. The van der Waals surface area contributed by atoms with Crippen LogP contribution in [0.15, 0.2) is 43.0 Å². The summed E-state index contributed by atoms with van der Waals surface area (Å²) in [4.78, 5) is 15.6. The van der Waals surface area contributed by atoms with Crippen molar-refractivity contribution in [1.29, 1.82) is 0 Å². The standard InChI is InChI=1S/C12H15N5O/c1-10(9-17-7-3-6-14-17)15-12(18)16-11-4-2-5-13-8-11/h2-8,10H,9H2,1H3,(H2,15,16,18)/t10-/m1/s1. The van der Waals surface area contributed by atoms with Crippen LogP contribution < -0.4 is 10.6 Å². The Balaban J connectivity index is 1.80. The summed E-state index contributed by atoms with van der Waals surface area (Å²) in [6.45, 7) is 2.55. The van der Waals surface area contributed by atoms with E-state index in [1.165, 1.54) is 0 Å². The Morgan fingerprint density at radius 3 is 3.00 bits per heavy atom. The van der Waals surface area contributed by atoms with Gasteiger partial charge in [0.1, 0.15) is 0 Å². The molecule has 0 aliphatic carbocycles. The van der Waals surface area contributed by atoms with Crippen LogP contribution in [0.2, 0.25) is 0 Å². The number of urea groups is 1. The number of hydrogen-bond acceptors (Lipinski definition) is 3. The number of aromatic nitrogens is 3. The second-order valence-electron chi connectivity index (χ2n) is 3.97. The van der Waals surface area contributed by atoms with Gasteiger partial charge in [0, 0.05) is 24.6 Å². The summed E-state index contributed by atoms with van der Waals surface area (Å²) in [5.74, 6) is 0. The summed E-state index contributed by atoms with van der Waals surface area (Å²) in [7, 11) is 0. The number of nitrogens with one attached hydrogen (secondary N) is 2. The fourth-order valence-electron chi connectivity index (χ4n) is 1.56. The fourth-order valence-corrected chi connectivity index (χ4v) is 1.56. The molecule has 1 atom stereocenters. The number of amides is 2. The molecule has 0 aliphatic heterocycles. The van der Waals surface area contributed by atoms with Gasteiger partial charge >= 0.3 is 6.03 Å². The lowest BCUT2D eigenvalue weighted by molar-refractivity contribution is 0.247. The van der Waals surface area contributed by atoms with Crippen molar-refractivity contribution >= 4 is 11.7 Å². The number of carbonyl (C=O) groups excluding carboxylic acids is 1. The highest BCUT2D eigenvalue weighted by atomic mass is 16.2. The van der Waals surface area contributed by atoms with Crippen molar-refractivity contribution < 1.29 is 4.79 Å². The summed E-state index contributed by atoms with van der Waals surface area (Å²) in [5, 5.41) is 9.62. The van der Waals surface area contributed by atoms with Crippen LogP contribution in [0.5, 0.6) is 0 Å². The topological polar surface area (TPSA) is 71.8 Å². The molecule has 0 saturated heterocycles. The Kier molecular flexibility index (Phi) is 3.90. The first-order chi connectivity index (χ1) is 8.74. The third-order valence-electron chi connectivity index (χ3n) is 2.32. The molecule has 2 amide bonds. The molecular weight excluding hydrogens is 230 g/mol. The van der Waals surface area contributed by atoms with Gasteiger partial charge in [0.2, 0.25) is 0 Å². The Morgan fingerprint density at radius 1 is 1.44 bits per heavy atom. The maximum Gasteiger partial charge on any atom is 0.319 e. The molecule has 6 nitrogen and oxygen atoms in total. The lowest BCUT2D eigenvalue weighted by atomic mass is 10.3. The number of rotatable bonds is 4. The molecule has 0 radical (unpaired) electrons. The van der Waals surface area contributed by atoms with Crippen LogP contribution in [0.25, 0.3) is 0 Å². The second-order valence-corrected chi connectivity index (χ2v) is 3.97. The molecule has 0 fully saturated rings. The molecular formula is C12H15N5O. The van der Waals surface area contributed by atoms with Gasteiger partial charge in [0.15, 0.2) is 0 Å². The normalized spacial score (nSPS) is 11.8. The molecule has 0 aromatic carbocycles. The number of carbonyl (C=O) groups is 1. The molecule has 6 heteroatoms. The van der Waals surface area contributed by atoms with Gasteiger partial charge in [-0.15, -0.1) is 0 Å². The zero-order valence-corrected chi connectivity index (χ0v) is 10.1. The minimum atomic E-state index is -0.248.